The van der Waals surface area contributed by atoms with E-state index >= 15 is 0 Å². The van der Waals surface area contributed by atoms with Crippen molar-refractivity contribution in [1.29, 1.82) is 5.26 Å². The van der Waals surface area contributed by atoms with Gasteiger partial charge in [-0.05, 0) is 58.8 Å². The Morgan fingerprint density at radius 3 is 2.52 bits per heavy atom. The lowest BCUT2D eigenvalue weighted by Gasteiger charge is -2.05. The first-order valence-corrected chi connectivity index (χ1v) is 8.20. The van der Waals surface area contributed by atoms with Crippen LogP contribution in [0.5, 0.6) is 11.5 Å². The van der Waals surface area contributed by atoms with Crippen LogP contribution in [0.3, 0.4) is 0 Å². The molecule has 0 saturated carbocycles. The highest BCUT2D eigenvalue weighted by atomic mass is 16.5. The summed E-state index contributed by atoms with van der Waals surface area (Å²) in [4.78, 5) is 11.8. The minimum absolute atomic E-state index is 0.166. The second-order valence-corrected chi connectivity index (χ2v) is 5.69. The summed E-state index contributed by atoms with van der Waals surface area (Å²) in [5.41, 5.74) is 3.82. The van der Waals surface area contributed by atoms with E-state index in [9.17, 15) is 4.79 Å². The molecule has 0 unspecified atom stereocenters. The molecule has 0 aliphatic carbocycles. The SMILES string of the molecule is COc1ccc2cc(/C=N\NC(=O)COc3ccc(C#N)cc3)ccc2c1. The number of fused-ring (bicyclic) bond motifs is 1. The third-order valence-electron chi connectivity index (χ3n) is 3.83. The van der Waals surface area contributed by atoms with Crippen LogP contribution in [-0.2, 0) is 4.79 Å². The minimum atomic E-state index is -0.374. The van der Waals surface area contributed by atoms with Gasteiger partial charge in [-0.3, -0.25) is 4.79 Å². The molecule has 0 saturated heterocycles. The van der Waals surface area contributed by atoms with Crippen molar-refractivity contribution in [3.05, 3.63) is 71.8 Å². The summed E-state index contributed by atoms with van der Waals surface area (Å²) in [7, 11) is 1.63. The van der Waals surface area contributed by atoms with Crippen molar-refractivity contribution in [1.82, 2.24) is 5.43 Å². The highest BCUT2D eigenvalue weighted by Gasteiger charge is 2.02. The number of hydrogen-bond donors (Lipinski definition) is 1. The van der Waals surface area contributed by atoms with Gasteiger partial charge >= 0.3 is 0 Å². The van der Waals surface area contributed by atoms with E-state index in [0.29, 0.717) is 11.3 Å². The molecule has 3 aromatic carbocycles. The number of amides is 1. The predicted molar refractivity (Wildman–Crippen MR) is 103 cm³/mol. The largest absolute Gasteiger partial charge is 0.497 e. The predicted octanol–water partition coefficient (Wildman–Crippen LogP) is 3.25. The van der Waals surface area contributed by atoms with Crippen molar-refractivity contribution in [2.75, 3.05) is 13.7 Å². The quantitative estimate of drug-likeness (QED) is 0.541. The van der Waals surface area contributed by atoms with Crippen molar-refractivity contribution in [2.24, 2.45) is 5.10 Å². The Morgan fingerprint density at radius 2 is 1.78 bits per heavy atom. The van der Waals surface area contributed by atoms with E-state index in [1.165, 1.54) is 0 Å². The van der Waals surface area contributed by atoms with Crippen LogP contribution < -0.4 is 14.9 Å². The van der Waals surface area contributed by atoms with Gasteiger partial charge in [-0.25, -0.2) is 5.43 Å². The fourth-order valence-electron chi connectivity index (χ4n) is 2.44. The van der Waals surface area contributed by atoms with Gasteiger partial charge in [0, 0.05) is 0 Å². The summed E-state index contributed by atoms with van der Waals surface area (Å²) in [5.74, 6) is 0.942. The summed E-state index contributed by atoms with van der Waals surface area (Å²) in [6, 6.07) is 20.2. The third-order valence-corrected chi connectivity index (χ3v) is 3.83. The van der Waals surface area contributed by atoms with E-state index in [1.54, 1.807) is 37.6 Å². The van der Waals surface area contributed by atoms with Crippen molar-refractivity contribution in [3.63, 3.8) is 0 Å². The normalized spacial score (nSPS) is 10.5. The fraction of sp³-hybridized carbons (Fsp3) is 0.0952. The van der Waals surface area contributed by atoms with Crippen LogP contribution in [0, 0.1) is 11.3 Å². The van der Waals surface area contributed by atoms with Gasteiger partial charge in [-0.15, -0.1) is 0 Å². The van der Waals surface area contributed by atoms with Crippen LogP contribution in [0.1, 0.15) is 11.1 Å². The Hall–Kier alpha value is -3.85. The van der Waals surface area contributed by atoms with E-state index in [2.05, 4.69) is 10.5 Å². The maximum atomic E-state index is 11.8. The molecule has 1 amide bonds. The lowest BCUT2D eigenvalue weighted by molar-refractivity contribution is -0.123. The van der Waals surface area contributed by atoms with Gasteiger partial charge in [-0.1, -0.05) is 18.2 Å². The number of carbonyl (C=O) groups is 1. The molecule has 1 N–H and O–H groups in total. The number of benzene rings is 3. The summed E-state index contributed by atoms with van der Waals surface area (Å²) in [6.07, 6.45) is 1.57. The van der Waals surface area contributed by atoms with E-state index in [4.69, 9.17) is 14.7 Å². The topological polar surface area (TPSA) is 83.7 Å². The van der Waals surface area contributed by atoms with Gasteiger partial charge in [0.15, 0.2) is 6.61 Å². The molecule has 0 bridgehead atoms. The lowest BCUT2D eigenvalue weighted by Crippen LogP contribution is -2.24. The maximum Gasteiger partial charge on any atom is 0.277 e. The van der Waals surface area contributed by atoms with E-state index in [1.807, 2.05) is 42.5 Å². The zero-order chi connectivity index (χ0) is 19.1. The lowest BCUT2D eigenvalue weighted by atomic mass is 10.1. The molecule has 6 nitrogen and oxygen atoms in total. The first-order valence-electron chi connectivity index (χ1n) is 8.20. The van der Waals surface area contributed by atoms with E-state index < -0.39 is 0 Å². The Labute approximate surface area is 156 Å². The number of nitrogens with zero attached hydrogens (tertiary/aromatic N) is 2. The minimum Gasteiger partial charge on any atom is -0.497 e. The zero-order valence-corrected chi connectivity index (χ0v) is 14.7. The average Bonchev–Trinajstić information content (AvgIpc) is 2.72. The number of ether oxygens (including phenoxy) is 2. The molecule has 3 aromatic rings. The Balaban J connectivity index is 1.54. The van der Waals surface area contributed by atoms with Crippen LogP contribution >= 0.6 is 0 Å². The average molecular weight is 359 g/mol. The molecule has 134 valence electrons. The molecule has 0 fully saturated rings. The smallest absolute Gasteiger partial charge is 0.277 e. The first-order chi connectivity index (χ1) is 13.2. The summed E-state index contributed by atoms with van der Waals surface area (Å²) >= 11 is 0. The summed E-state index contributed by atoms with van der Waals surface area (Å²) in [5, 5.41) is 14.8. The summed E-state index contributed by atoms with van der Waals surface area (Å²) in [6.45, 7) is -0.166. The number of methoxy groups -OCH3 is 1. The molecule has 0 spiro atoms. The number of nitrogens with one attached hydrogen (secondary N) is 1. The van der Waals surface area contributed by atoms with Crippen molar-refractivity contribution in [3.8, 4) is 17.6 Å². The standard InChI is InChI=1S/C21H17N3O3/c1-26-20-9-6-17-10-16(2-5-18(17)11-20)13-23-24-21(25)14-27-19-7-3-15(12-22)4-8-19/h2-11,13H,14H2,1H3,(H,24,25)/b23-13-. The van der Waals surface area contributed by atoms with Gasteiger partial charge in [0.05, 0.1) is 25.0 Å². The number of carbonyl (C=O) groups excluding carboxylic acids is 1. The second-order valence-electron chi connectivity index (χ2n) is 5.69. The number of rotatable bonds is 6. The van der Waals surface area contributed by atoms with Crippen LogP contribution in [0.2, 0.25) is 0 Å². The Morgan fingerprint density at radius 1 is 1.07 bits per heavy atom. The third kappa shape index (κ3) is 4.83. The Bertz CT molecular complexity index is 1020. The van der Waals surface area contributed by atoms with Crippen molar-refractivity contribution >= 4 is 22.9 Å². The van der Waals surface area contributed by atoms with Gasteiger partial charge in [0.2, 0.25) is 0 Å². The number of nitriles is 1. The molecule has 3 rings (SSSR count). The van der Waals surface area contributed by atoms with Crippen LogP contribution in [0.25, 0.3) is 10.8 Å². The number of hydrogen-bond acceptors (Lipinski definition) is 5. The maximum absolute atomic E-state index is 11.8. The monoisotopic (exact) mass is 359 g/mol. The molecule has 0 aliphatic rings. The second kappa shape index (κ2) is 8.50. The van der Waals surface area contributed by atoms with Gasteiger partial charge in [0.25, 0.3) is 5.91 Å². The Kier molecular flexibility index (Phi) is 5.65. The molecular formula is C21H17N3O3. The zero-order valence-electron chi connectivity index (χ0n) is 14.7. The van der Waals surface area contributed by atoms with E-state index in [0.717, 1.165) is 22.1 Å². The highest BCUT2D eigenvalue weighted by Crippen LogP contribution is 2.21. The van der Waals surface area contributed by atoms with E-state index in [-0.39, 0.29) is 12.5 Å². The van der Waals surface area contributed by atoms with Gasteiger partial charge < -0.3 is 9.47 Å². The molecular weight excluding hydrogens is 342 g/mol. The molecule has 0 aliphatic heterocycles. The van der Waals surface area contributed by atoms with Crippen molar-refractivity contribution < 1.29 is 14.3 Å². The molecule has 27 heavy (non-hydrogen) atoms. The fourth-order valence-corrected chi connectivity index (χ4v) is 2.44. The van der Waals surface area contributed by atoms with Crippen LogP contribution in [0.15, 0.2) is 65.8 Å². The van der Waals surface area contributed by atoms with Crippen LogP contribution in [-0.4, -0.2) is 25.8 Å². The molecule has 0 radical (unpaired) electrons. The van der Waals surface area contributed by atoms with Crippen LogP contribution in [0.4, 0.5) is 0 Å². The van der Waals surface area contributed by atoms with Gasteiger partial charge in [0.1, 0.15) is 11.5 Å². The molecule has 6 heteroatoms. The molecule has 0 aromatic heterocycles. The van der Waals surface area contributed by atoms with Crippen molar-refractivity contribution in [2.45, 2.75) is 0 Å². The summed E-state index contributed by atoms with van der Waals surface area (Å²) < 4.78 is 10.6. The molecule has 0 heterocycles. The van der Waals surface area contributed by atoms with Gasteiger partial charge in [-0.2, -0.15) is 10.4 Å². The number of hydrazone groups is 1. The highest BCUT2D eigenvalue weighted by molar-refractivity contribution is 5.91. The first kappa shape index (κ1) is 18.0. The molecule has 0 atom stereocenters.